The molecule has 0 N–H and O–H groups in total. The van der Waals surface area contributed by atoms with Crippen LogP contribution in [0.3, 0.4) is 0 Å². The highest BCUT2D eigenvalue weighted by molar-refractivity contribution is 9.10. The summed E-state index contributed by atoms with van der Waals surface area (Å²) in [5, 5.41) is 9.48. The van der Waals surface area contributed by atoms with Gasteiger partial charge in [-0.15, -0.1) is 16.4 Å². The van der Waals surface area contributed by atoms with Crippen LogP contribution < -0.4 is 0 Å². The van der Waals surface area contributed by atoms with Gasteiger partial charge in [-0.25, -0.2) is 19.3 Å². The van der Waals surface area contributed by atoms with Gasteiger partial charge in [0.2, 0.25) is 5.82 Å². The minimum Gasteiger partial charge on any atom is -0.465 e. The lowest BCUT2D eigenvalue weighted by molar-refractivity contribution is 0.0605. The fourth-order valence-corrected chi connectivity index (χ4v) is 4.17. The van der Waals surface area contributed by atoms with Crippen LogP contribution in [0.4, 0.5) is 0 Å². The monoisotopic (exact) mass is 406 g/mol. The van der Waals surface area contributed by atoms with E-state index in [0.29, 0.717) is 16.3 Å². The highest BCUT2D eigenvalue weighted by Crippen LogP contribution is 2.33. The number of nitrogens with zero attached hydrogens (tertiary/aromatic N) is 6. The lowest BCUT2D eigenvalue weighted by atomic mass is 10.2. The van der Waals surface area contributed by atoms with Crippen LogP contribution in [0.5, 0.6) is 0 Å². The molecule has 0 radical (unpaired) electrons. The van der Waals surface area contributed by atoms with Crippen molar-refractivity contribution in [1.29, 1.82) is 0 Å². The number of aromatic nitrogens is 6. The van der Waals surface area contributed by atoms with E-state index in [1.54, 1.807) is 21.7 Å². The third-order valence-corrected chi connectivity index (χ3v) is 5.50. The van der Waals surface area contributed by atoms with Gasteiger partial charge in [0.25, 0.3) is 0 Å². The molecule has 0 saturated heterocycles. The van der Waals surface area contributed by atoms with E-state index in [4.69, 9.17) is 4.74 Å². The lowest BCUT2D eigenvalue weighted by Crippen LogP contribution is -1.99. The van der Waals surface area contributed by atoms with Crippen molar-refractivity contribution in [2.24, 2.45) is 7.05 Å². The molecule has 10 heteroatoms. The number of hydrogen-bond acceptors (Lipinski definition) is 7. The van der Waals surface area contributed by atoms with Crippen molar-refractivity contribution in [1.82, 2.24) is 29.4 Å². The van der Waals surface area contributed by atoms with Crippen molar-refractivity contribution in [2.75, 3.05) is 7.11 Å². The second-order valence-electron chi connectivity index (χ2n) is 5.14. The van der Waals surface area contributed by atoms with E-state index >= 15 is 0 Å². The van der Waals surface area contributed by atoms with Crippen LogP contribution in [-0.4, -0.2) is 42.4 Å². The van der Waals surface area contributed by atoms with Gasteiger partial charge in [0.05, 0.1) is 23.2 Å². The van der Waals surface area contributed by atoms with Crippen LogP contribution in [0, 0.1) is 6.92 Å². The van der Waals surface area contributed by atoms with Crippen molar-refractivity contribution in [3.63, 3.8) is 0 Å². The summed E-state index contributed by atoms with van der Waals surface area (Å²) in [7, 11) is 3.19. The molecule has 0 saturated carbocycles. The standard InChI is InChI=1S/C14H11BrN6O2S/c1-6-8-12-18-11(9-7(15)4-17-20(9)2)19-21(12)5-16-13(8)24-10(6)14(22)23-3/h4-5H,1-3H3. The number of thiophene rings is 1. The summed E-state index contributed by atoms with van der Waals surface area (Å²) in [6, 6.07) is 0. The fourth-order valence-electron chi connectivity index (χ4n) is 2.58. The number of aryl methyl sites for hydroxylation is 2. The summed E-state index contributed by atoms with van der Waals surface area (Å²) >= 11 is 4.75. The molecule has 4 aromatic heterocycles. The number of methoxy groups -OCH3 is 1. The SMILES string of the molecule is COC(=O)c1sc2ncn3nc(-c4c(Br)cnn4C)nc3c2c1C. The Hall–Kier alpha value is -2.33. The van der Waals surface area contributed by atoms with E-state index < -0.39 is 0 Å². The molecular formula is C14H11BrN6O2S. The molecular weight excluding hydrogens is 396 g/mol. The van der Waals surface area contributed by atoms with Crippen LogP contribution in [0.15, 0.2) is 17.0 Å². The Labute approximate surface area is 148 Å². The summed E-state index contributed by atoms with van der Waals surface area (Å²) in [5.74, 6) is 0.157. The average molecular weight is 407 g/mol. The first-order chi connectivity index (χ1) is 11.5. The Morgan fingerprint density at radius 3 is 2.88 bits per heavy atom. The van der Waals surface area contributed by atoms with Gasteiger partial charge in [-0.1, -0.05) is 0 Å². The molecule has 0 spiro atoms. The largest absolute Gasteiger partial charge is 0.465 e. The molecule has 4 aromatic rings. The quantitative estimate of drug-likeness (QED) is 0.475. The number of ether oxygens (including phenoxy) is 1. The minimum atomic E-state index is -0.372. The van der Waals surface area contributed by atoms with Gasteiger partial charge in [0.1, 0.15) is 21.7 Å². The van der Waals surface area contributed by atoms with Gasteiger partial charge in [0, 0.05) is 7.05 Å². The number of rotatable bonds is 2. The normalized spacial score (nSPS) is 11.5. The number of fused-ring (bicyclic) bond motifs is 3. The molecule has 0 aliphatic carbocycles. The number of esters is 1. The third-order valence-electron chi connectivity index (χ3n) is 3.74. The molecule has 0 bridgehead atoms. The van der Waals surface area contributed by atoms with Gasteiger partial charge < -0.3 is 4.74 Å². The van der Waals surface area contributed by atoms with Crippen LogP contribution in [-0.2, 0) is 11.8 Å². The maximum atomic E-state index is 11.9. The number of halogens is 1. The highest BCUT2D eigenvalue weighted by atomic mass is 79.9. The van der Waals surface area contributed by atoms with Gasteiger partial charge in [0.15, 0.2) is 5.65 Å². The van der Waals surface area contributed by atoms with Crippen LogP contribution in [0.25, 0.3) is 27.4 Å². The molecule has 0 aromatic carbocycles. The third kappa shape index (κ3) is 2.06. The van der Waals surface area contributed by atoms with Crippen LogP contribution >= 0.6 is 27.3 Å². The summed E-state index contributed by atoms with van der Waals surface area (Å²) in [6.45, 7) is 1.86. The van der Waals surface area contributed by atoms with E-state index in [9.17, 15) is 4.79 Å². The van der Waals surface area contributed by atoms with E-state index in [2.05, 4.69) is 36.1 Å². The predicted octanol–water partition coefficient (Wildman–Crippen LogP) is 2.60. The molecule has 0 fully saturated rings. The Balaban J connectivity index is 2.02. The Kier molecular flexibility index (Phi) is 3.39. The Bertz CT molecular complexity index is 1090. The van der Waals surface area contributed by atoms with E-state index in [1.807, 2.05) is 14.0 Å². The van der Waals surface area contributed by atoms with Crippen LogP contribution in [0.1, 0.15) is 15.2 Å². The molecule has 0 aliphatic heterocycles. The maximum Gasteiger partial charge on any atom is 0.348 e. The zero-order valence-corrected chi connectivity index (χ0v) is 15.3. The Morgan fingerprint density at radius 1 is 1.42 bits per heavy atom. The lowest BCUT2D eigenvalue weighted by Gasteiger charge is -1.96. The second kappa shape index (κ2) is 5.35. The molecule has 0 aliphatic rings. The topological polar surface area (TPSA) is 87.2 Å². The first-order valence-corrected chi connectivity index (χ1v) is 8.53. The molecule has 0 atom stereocenters. The molecule has 4 heterocycles. The number of carbonyl (C=O) groups excluding carboxylic acids is 1. The van der Waals surface area contributed by atoms with Crippen molar-refractivity contribution in [2.45, 2.75) is 6.92 Å². The van der Waals surface area contributed by atoms with Crippen molar-refractivity contribution < 1.29 is 9.53 Å². The predicted molar refractivity (Wildman–Crippen MR) is 92.1 cm³/mol. The van der Waals surface area contributed by atoms with Crippen LogP contribution in [0.2, 0.25) is 0 Å². The average Bonchev–Trinajstić information content (AvgIpc) is 3.22. The zero-order chi connectivity index (χ0) is 17.0. The molecule has 4 rings (SSSR count). The number of carbonyl (C=O) groups is 1. The van der Waals surface area contributed by atoms with Gasteiger partial charge in [-0.3, -0.25) is 4.68 Å². The second-order valence-corrected chi connectivity index (χ2v) is 6.99. The molecule has 8 nitrogen and oxygen atoms in total. The fraction of sp³-hybridized carbons (Fsp3) is 0.214. The van der Waals surface area contributed by atoms with E-state index in [-0.39, 0.29) is 5.97 Å². The van der Waals surface area contributed by atoms with Crippen molar-refractivity contribution in [3.05, 3.63) is 27.4 Å². The molecule has 0 unspecified atom stereocenters. The summed E-state index contributed by atoms with van der Waals surface area (Å²) in [6.07, 6.45) is 3.29. The van der Waals surface area contributed by atoms with Gasteiger partial charge in [-0.05, 0) is 28.4 Å². The highest BCUT2D eigenvalue weighted by Gasteiger charge is 2.22. The molecule has 122 valence electrons. The first kappa shape index (κ1) is 15.2. The van der Waals surface area contributed by atoms with Gasteiger partial charge >= 0.3 is 5.97 Å². The van der Waals surface area contributed by atoms with Gasteiger partial charge in [-0.2, -0.15) is 5.10 Å². The van der Waals surface area contributed by atoms with Crippen molar-refractivity contribution in [3.8, 4) is 11.5 Å². The van der Waals surface area contributed by atoms with Crippen molar-refractivity contribution >= 4 is 49.1 Å². The first-order valence-electron chi connectivity index (χ1n) is 6.92. The summed E-state index contributed by atoms with van der Waals surface area (Å²) < 4.78 is 8.95. The number of hydrogen-bond donors (Lipinski definition) is 0. The minimum absolute atomic E-state index is 0.372. The van der Waals surface area contributed by atoms with E-state index in [0.717, 1.165) is 25.9 Å². The summed E-state index contributed by atoms with van der Waals surface area (Å²) in [4.78, 5) is 22.2. The molecule has 0 amide bonds. The van der Waals surface area contributed by atoms with E-state index in [1.165, 1.54) is 18.4 Å². The summed E-state index contributed by atoms with van der Waals surface area (Å²) in [5.41, 5.74) is 2.21. The molecule has 24 heavy (non-hydrogen) atoms. The smallest absolute Gasteiger partial charge is 0.348 e. The maximum absolute atomic E-state index is 11.9. The zero-order valence-electron chi connectivity index (χ0n) is 12.9. The Morgan fingerprint density at radius 2 is 2.21 bits per heavy atom.